The van der Waals surface area contributed by atoms with Crippen LogP contribution in [0.1, 0.15) is 11.5 Å². The maximum atomic E-state index is 10.5. The predicted octanol–water partition coefficient (Wildman–Crippen LogP) is 1.50. The number of carboxylic acid groups (broad SMARTS) is 1. The van der Waals surface area contributed by atoms with Gasteiger partial charge in [0.15, 0.2) is 0 Å². The van der Waals surface area contributed by atoms with Crippen LogP contribution in [0.25, 0.3) is 0 Å². The molecular formula is C11H12O4. The first-order chi connectivity index (χ1) is 7.12. The largest absolute Gasteiger partial charge is 0.478 e. The van der Waals surface area contributed by atoms with Gasteiger partial charge in [0.25, 0.3) is 0 Å². The van der Waals surface area contributed by atoms with Crippen LogP contribution < -0.4 is 0 Å². The van der Waals surface area contributed by atoms with Crippen LogP contribution in [0.3, 0.4) is 0 Å². The Kier molecular flexibility index (Phi) is 2.36. The lowest BCUT2D eigenvalue weighted by molar-refractivity contribution is -0.131. The highest BCUT2D eigenvalue weighted by Crippen LogP contribution is 2.34. The molecule has 0 spiro atoms. The Morgan fingerprint density at radius 3 is 2.67 bits per heavy atom. The van der Waals surface area contributed by atoms with Crippen LogP contribution in [-0.2, 0) is 14.9 Å². The summed E-state index contributed by atoms with van der Waals surface area (Å²) in [6.45, 7) is 2.81. The molecule has 1 N–H and O–H groups in total. The normalized spacial score (nSPS) is 19.0. The monoisotopic (exact) mass is 208 g/mol. The zero-order valence-electron chi connectivity index (χ0n) is 8.40. The molecule has 0 saturated carbocycles. The average molecular weight is 208 g/mol. The van der Waals surface area contributed by atoms with Crippen molar-refractivity contribution < 1.29 is 19.1 Å². The summed E-state index contributed by atoms with van der Waals surface area (Å²) in [5, 5.41) is 8.59. The van der Waals surface area contributed by atoms with E-state index in [1.165, 1.54) is 0 Å². The predicted molar refractivity (Wildman–Crippen MR) is 52.7 cm³/mol. The summed E-state index contributed by atoms with van der Waals surface area (Å²) in [6, 6.07) is 3.73. The molecule has 4 heteroatoms. The molecule has 0 amide bonds. The molecule has 15 heavy (non-hydrogen) atoms. The zero-order valence-corrected chi connectivity index (χ0v) is 8.40. The van der Waals surface area contributed by atoms with Crippen molar-refractivity contribution in [3.63, 3.8) is 0 Å². The molecular weight excluding hydrogens is 196 g/mol. The van der Waals surface area contributed by atoms with E-state index in [1.54, 1.807) is 6.08 Å². The number of carbonyl (C=O) groups is 1. The Hall–Kier alpha value is -1.55. The summed E-state index contributed by atoms with van der Waals surface area (Å²) in [6.07, 6.45) is 2.78. The molecule has 1 fully saturated rings. The van der Waals surface area contributed by atoms with Crippen LogP contribution in [0.15, 0.2) is 28.7 Å². The minimum Gasteiger partial charge on any atom is -0.478 e. The van der Waals surface area contributed by atoms with Gasteiger partial charge in [0.05, 0.1) is 18.6 Å². The second kappa shape index (κ2) is 3.55. The fraction of sp³-hybridized carbons (Fsp3) is 0.364. The number of aliphatic carboxylic acids is 1. The molecule has 1 aliphatic heterocycles. The summed E-state index contributed by atoms with van der Waals surface area (Å²) in [7, 11) is 0. The van der Waals surface area contributed by atoms with E-state index in [-0.39, 0.29) is 5.41 Å². The van der Waals surface area contributed by atoms with E-state index in [2.05, 4.69) is 0 Å². The van der Waals surface area contributed by atoms with Gasteiger partial charge in [-0.05, 0) is 19.1 Å². The molecule has 0 atom stereocenters. The van der Waals surface area contributed by atoms with Crippen molar-refractivity contribution in [2.24, 2.45) is 0 Å². The Morgan fingerprint density at radius 1 is 1.53 bits per heavy atom. The first-order valence-corrected chi connectivity index (χ1v) is 4.69. The SMILES string of the molecule is Cc1ccc(C2(/C=C/C(=O)O)COC2)o1. The van der Waals surface area contributed by atoms with Gasteiger partial charge in [-0.2, -0.15) is 0 Å². The fourth-order valence-corrected chi connectivity index (χ4v) is 1.58. The van der Waals surface area contributed by atoms with Gasteiger partial charge in [0, 0.05) is 6.08 Å². The summed E-state index contributed by atoms with van der Waals surface area (Å²) in [5.74, 6) is 0.633. The summed E-state index contributed by atoms with van der Waals surface area (Å²) in [4.78, 5) is 10.5. The molecule has 1 saturated heterocycles. The third-order valence-corrected chi connectivity index (χ3v) is 2.50. The van der Waals surface area contributed by atoms with Crippen molar-refractivity contribution in [2.45, 2.75) is 12.3 Å². The van der Waals surface area contributed by atoms with E-state index in [1.807, 2.05) is 19.1 Å². The molecule has 0 unspecified atom stereocenters. The lowest BCUT2D eigenvalue weighted by Gasteiger charge is -2.36. The number of aryl methyl sites for hydroxylation is 1. The van der Waals surface area contributed by atoms with E-state index in [9.17, 15) is 4.79 Å². The van der Waals surface area contributed by atoms with Gasteiger partial charge >= 0.3 is 5.97 Å². The van der Waals surface area contributed by atoms with E-state index < -0.39 is 5.97 Å². The van der Waals surface area contributed by atoms with E-state index >= 15 is 0 Å². The van der Waals surface area contributed by atoms with Crippen LogP contribution in [0.5, 0.6) is 0 Å². The first-order valence-electron chi connectivity index (χ1n) is 4.69. The standard InChI is InChI=1S/C11H12O4/c1-8-2-3-9(15-8)11(6-14-7-11)5-4-10(12)13/h2-5H,6-7H2,1H3,(H,12,13)/b5-4+. The highest BCUT2D eigenvalue weighted by Gasteiger charge is 2.40. The van der Waals surface area contributed by atoms with Gasteiger partial charge in [0.2, 0.25) is 0 Å². The third kappa shape index (κ3) is 1.80. The molecule has 0 bridgehead atoms. The zero-order chi connectivity index (χ0) is 10.9. The van der Waals surface area contributed by atoms with Gasteiger partial charge in [-0.25, -0.2) is 4.79 Å². The third-order valence-electron chi connectivity index (χ3n) is 2.50. The number of carboxylic acids is 1. The van der Waals surface area contributed by atoms with Crippen LogP contribution in [0.4, 0.5) is 0 Å². The summed E-state index contributed by atoms with van der Waals surface area (Å²) in [5.41, 5.74) is -0.382. The van der Waals surface area contributed by atoms with Crippen molar-refractivity contribution in [1.82, 2.24) is 0 Å². The van der Waals surface area contributed by atoms with Crippen molar-refractivity contribution in [3.05, 3.63) is 35.8 Å². The molecule has 1 aromatic heterocycles. The van der Waals surface area contributed by atoms with Crippen molar-refractivity contribution in [3.8, 4) is 0 Å². The molecule has 0 radical (unpaired) electrons. The number of hydrogen-bond acceptors (Lipinski definition) is 3. The lowest BCUT2D eigenvalue weighted by atomic mass is 9.83. The quantitative estimate of drug-likeness (QED) is 0.764. The van der Waals surface area contributed by atoms with Crippen LogP contribution in [0, 0.1) is 6.92 Å². The Balaban J connectivity index is 2.26. The van der Waals surface area contributed by atoms with E-state index in [0.29, 0.717) is 13.2 Å². The van der Waals surface area contributed by atoms with Crippen molar-refractivity contribution in [2.75, 3.05) is 13.2 Å². The Labute approximate surface area is 87.2 Å². The first kappa shape index (κ1) is 9.98. The molecule has 2 heterocycles. The van der Waals surface area contributed by atoms with Crippen LogP contribution in [0.2, 0.25) is 0 Å². The number of hydrogen-bond donors (Lipinski definition) is 1. The fourth-order valence-electron chi connectivity index (χ4n) is 1.58. The molecule has 80 valence electrons. The van der Waals surface area contributed by atoms with Gasteiger partial charge in [-0.1, -0.05) is 6.08 Å². The van der Waals surface area contributed by atoms with Gasteiger partial charge < -0.3 is 14.3 Å². The molecule has 1 aromatic rings. The van der Waals surface area contributed by atoms with Gasteiger partial charge in [-0.3, -0.25) is 0 Å². The van der Waals surface area contributed by atoms with Crippen molar-refractivity contribution in [1.29, 1.82) is 0 Å². The van der Waals surface area contributed by atoms with Crippen LogP contribution >= 0.6 is 0 Å². The van der Waals surface area contributed by atoms with Gasteiger partial charge in [-0.15, -0.1) is 0 Å². The van der Waals surface area contributed by atoms with E-state index in [4.69, 9.17) is 14.3 Å². The topological polar surface area (TPSA) is 59.7 Å². The maximum Gasteiger partial charge on any atom is 0.328 e. The second-order valence-electron chi connectivity index (χ2n) is 3.73. The summed E-state index contributed by atoms with van der Waals surface area (Å²) < 4.78 is 10.6. The highest BCUT2D eigenvalue weighted by molar-refractivity contribution is 5.80. The molecule has 2 rings (SSSR count). The van der Waals surface area contributed by atoms with Crippen LogP contribution in [-0.4, -0.2) is 24.3 Å². The van der Waals surface area contributed by atoms with Crippen molar-refractivity contribution >= 4 is 5.97 Å². The Morgan fingerprint density at radius 2 is 2.27 bits per heavy atom. The number of ether oxygens (including phenoxy) is 1. The molecule has 4 nitrogen and oxygen atoms in total. The molecule has 0 aromatic carbocycles. The Bertz CT molecular complexity index is 398. The molecule has 0 aliphatic carbocycles. The maximum absolute atomic E-state index is 10.5. The highest BCUT2D eigenvalue weighted by atomic mass is 16.5. The summed E-state index contributed by atoms with van der Waals surface area (Å²) >= 11 is 0. The average Bonchev–Trinajstić information content (AvgIpc) is 2.50. The minimum atomic E-state index is -0.954. The van der Waals surface area contributed by atoms with E-state index in [0.717, 1.165) is 17.6 Å². The second-order valence-corrected chi connectivity index (χ2v) is 3.73. The number of rotatable bonds is 3. The molecule has 1 aliphatic rings. The van der Waals surface area contributed by atoms with Gasteiger partial charge in [0.1, 0.15) is 11.5 Å². The smallest absolute Gasteiger partial charge is 0.328 e. The minimum absolute atomic E-state index is 0.382. The lowest BCUT2D eigenvalue weighted by Crippen LogP contribution is -2.44. The number of furan rings is 1.